The SMILES string of the molecule is COc1ccc(SC[C@H](CCC(=O)O)NC(=O)OC(C)(C)C)cc1. The summed E-state index contributed by atoms with van der Waals surface area (Å²) in [6, 6.07) is 7.27. The van der Waals surface area contributed by atoms with E-state index in [1.165, 1.54) is 0 Å². The number of carbonyl (C=O) groups is 2. The van der Waals surface area contributed by atoms with Crippen LogP contribution >= 0.6 is 11.8 Å². The number of rotatable bonds is 8. The fourth-order valence-corrected chi connectivity index (χ4v) is 2.81. The minimum Gasteiger partial charge on any atom is -0.497 e. The van der Waals surface area contributed by atoms with Crippen LogP contribution in [0, 0.1) is 0 Å². The van der Waals surface area contributed by atoms with Crippen molar-refractivity contribution in [1.29, 1.82) is 0 Å². The van der Waals surface area contributed by atoms with Crippen LogP contribution in [0.4, 0.5) is 4.79 Å². The molecule has 1 rings (SSSR count). The highest BCUT2D eigenvalue weighted by Crippen LogP contribution is 2.23. The maximum Gasteiger partial charge on any atom is 0.407 e. The summed E-state index contributed by atoms with van der Waals surface area (Å²) in [7, 11) is 1.61. The number of ether oxygens (including phenoxy) is 2. The van der Waals surface area contributed by atoms with Crippen molar-refractivity contribution in [1.82, 2.24) is 5.32 Å². The van der Waals surface area contributed by atoms with E-state index in [0.717, 1.165) is 10.6 Å². The largest absolute Gasteiger partial charge is 0.497 e. The fourth-order valence-electron chi connectivity index (χ4n) is 1.84. The normalized spacial score (nSPS) is 12.3. The van der Waals surface area contributed by atoms with Gasteiger partial charge in [0.2, 0.25) is 0 Å². The van der Waals surface area contributed by atoms with Crippen LogP contribution in [0.2, 0.25) is 0 Å². The van der Waals surface area contributed by atoms with Gasteiger partial charge < -0.3 is 19.9 Å². The lowest BCUT2D eigenvalue weighted by Crippen LogP contribution is -2.40. The van der Waals surface area contributed by atoms with Gasteiger partial charge in [-0.1, -0.05) is 0 Å². The van der Waals surface area contributed by atoms with E-state index in [1.54, 1.807) is 39.6 Å². The van der Waals surface area contributed by atoms with E-state index in [9.17, 15) is 9.59 Å². The van der Waals surface area contributed by atoms with Crippen molar-refractivity contribution in [2.45, 2.75) is 50.2 Å². The van der Waals surface area contributed by atoms with Gasteiger partial charge in [0.05, 0.1) is 7.11 Å². The molecule has 0 unspecified atom stereocenters. The minimum absolute atomic E-state index is 0.0103. The highest BCUT2D eigenvalue weighted by atomic mass is 32.2. The van der Waals surface area contributed by atoms with Crippen LogP contribution in [0.25, 0.3) is 0 Å². The molecule has 0 spiro atoms. The molecule has 0 heterocycles. The smallest absolute Gasteiger partial charge is 0.407 e. The molecule has 2 N–H and O–H groups in total. The molecule has 134 valence electrons. The van der Waals surface area contributed by atoms with E-state index in [4.69, 9.17) is 14.6 Å². The number of methoxy groups -OCH3 is 1. The molecule has 0 fully saturated rings. The molecule has 1 amide bonds. The van der Waals surface area contributed by atoms with E-state index >= 15 is 0 Å². The number of carboxylic acid groups (broad SMARTS) is 1. The van der Waals surface area contributed by atoms with Gasteiger partial charge in [-0.05, 0) is 51.5 Å². The molecule has 0 bridgehead atoms. The topological polar surface area (TPSA) is 84.9 Å². The maximum absolute atomic E-state index is 11.9. The number of nitrogens with one attached hydrogen (secondary N) is 1. The molecule has 0 radical (unpaired) electrons. The van der Waals surface area contributed by atoms with Gasteiger partial charge in [-0.2, -0.15) is 0 Å². The van der Waals surface area contributed by atoms with Crippen LogP contribution in [0.3, 0.4) is 0 Å². The van der Waals surface area contributed by atoms with Crippen LogP contribution in [-0.4, -0.2) is 41.7 Å². The molecule has 0 aliphatic carbocycles. The highest BCUT2D eigenvalue weighted by Gasteiger charge is 2.20. The number of aliphatic carboxylic acids is 1. The summed E-state index contributed by atoms with van der Waals surface area (Å²) in [5, 5.41) is 11.6. The number of benzene rings is 1. The summed E-state index contributed by atoms with van der Waals surface area (Å²) in [6.45, 7) is 5.35. The Hall–Kier alpha value is -1.89. The highest BCUT2D eigenvalue weighted by molar-refractivity contribution is 7.99. The Morgan fingerprint density at radius 3 is 2.38 bits per heavy atom. The van der Waals surface area contributed by atoms with Crippen LogP contribution in [0.15, 0.2) is 29.2 Å². The molecule has 24 heavy (non-hydrogen) atoms. The Balaban J connectivity index is 2.60. The zero-order chi connectivity index (χ0) is 18.2. The van der Waals surface area contributed by atoms with Gasteiger partial charge in [-0.3, -0.25) is 4.79 Å². The van der Waals surface area contributed by atoms with Crippen molar-refractivity contribution in [3.8, 4) is 5.75 Å². The van der Waals surface area contributed by atoms with E-state index in [0.29, 0.717) is 12.2 Å². The van der Waals surface area contributed by atoms with Gasteiger partial charge in [0, 0.05) is 23.1 Å². The molecule has 0 saturated carbocycles. The third-order valence-electron chi connectivity index (χ3n) is 2.94. The first-order valence-corrected chi connectivity index (χ1v) is 8.66. The quantitative estimate of drug-likeness (QED) is 0.694. The first-order chi connectivity index (χ1) is 11.2. The van der Waals surface area contributed by atoms with Crippen LogP contribution < -0.4 is 10.1 Å². The number of thioether (sulfide) groups is 1. The molecule has 0 aliphatic rings. The average molecular weight is 355 g/mol. The molecule has 1 atom stereocenters. The first-order valence-electron chi connectivity index (χ1n) is 7.68. The monoisotopic (exact) mass is 355 g/mol. The lowest BCUT2D eigenvalue weighted by atomic mass is 10.2. The molecule has 1 aromatic rings. The standard InChI is InChI=1S/C17H25NO5S/c1-17(2,3)23-16(21)18-12(5-10-15(19)20)11-24-14-8-6-13(22-4)7-9-14/h6-9,12H,5,10-11H2,1-4H3,(H,18,21)(H,19,20)/t12-/m0/s1. The summed E-state index contributed by atoms with van der Waals surface area (Å²) < 4.78 is 10.3. The van der Waals surface area contributed by atoms with Crippen molar-refractivity contribution < 1.29 is 24.2 Å². The van der Waals surface area contributed by atoms with Gasteiger partial charge in [0.1, 0.15) is 11.4 Å². The Kier molecular flexibility index (Phi) is 7.91. The van der Waals surface area contributed by atoms with E-state index in [2.05, 4.69) is 5.32 Å². The molecule has 0 aliphatic heterocycles. The van der Waals surface area contributed by atoms with Crippen molar-refractivity contribution in [3.05, 3.63) is 24.3 Å². The number of alkyl carbamates (subject to hydrolysis) is 1. The predicted octanol–water partition coefficient (Wildman–Crippen LogP) is 3.55. The van der Waals surface area contributed by atoms with E-state index < -0.39 is 17.7 Å². The zero-order valence-corrected chi connectivity index (χ0v) is 15.3. The number of amides is 1. The van der Waals surface area contributed by atoms with Gasteiger partial charge in [-0.25, -0.2) is 4.79 Å². The minimum atomic E-state index is -0.888. The lowest BCUT2D eigenvalue weighted by Gasteiger charge is -2.23. The van der Waals surface area contributed by atoms with Crippen molar-refractivity contribution >= 4 is 23.8 Å². The summed E-state index contributed by atoms with van der Waals surface area (Å²) in [5.74, 6) is 0.438. The summed E-state index contributed by atoms with van der Waals surface area (Å²) in [5.41, 5.74) is -0.593. The molecule has 0 saturated heterocycles. The third-order valence-corrected chi connectivity index (χ3v) is 4.11. The van der Waals surface area contributed by atoms with Crippen LogP contribution in [0.1, 0.15) is 33.6 Å². The molecule has 1 aromatic carbocycles. The van der Waals surface area contributed by atoms with Crippen molar-refractivity contribution in [3.63, 3.8) is 0 Å². The lowest BCUT2D eigenvalue weighted by molar-refractivity contribution is -0.137. The number of hydrogen-bond acceptors (Lipinski definition) is 5. The first kappa shape index (κ1) is 20.2. The number of carboxylic acids is 1. The zero-order valence-electron chi connectivity index (χ0n) is 14.5. The second kappa shape index (κ2) is 9.42. The molecule has 7 heteroatoms. The van der Waals surface area contributed by atoms with Gasteiger partial charge >= 0.3 is 12.1 Å². The van der Waals surface area contributed by atoms with Gasteiger partial charge in [0.15, 0.2) is 0 Å². The van der Waals surface area contributed by atoms with Gasteiger partial charge in [0.25, 0.3) is 0 Å². The maximum atomic E-state index is 11.9. The second-order valence-corrected chi connectivity index (χ2v) is 7.36. The number of hydrogen-bond donors (Lipinski definition) is 2. The third kappa shape index (κ3) is 8.67. The van der Waals surface area contributed by atoms with Crippen LogP contribution in [0.5, 0.6) is 5.75 Å². The Labute approximate surface area is 146 Å². The Bertz CT molecular complexity index is 539. The fraction of sp³-hybridized carbons (Fsp3) is 0.529. The summed E-state index contributed by atoms with van der Waals surface area (Å²) in [6.07, 6.45) is -0.199. The molecule has 6 nitrogen and oxygen atoms in total. The number of carbonyl (C=O) groups excluding carboxylic acids is 1. The Morgan fingerprint density at radius 2 is 1.88 bits per heavy atom. The predicted molar refractivity (Wildman–Crippen MR) is 93.7 cm³/mol. The van der Waals surface area contributed by atoms with Gasteiger partial charge in [-0.15, -0.1) is 11.8 Å². The average Bonchev–Trinajstić information content (AvgIpc) is 2.48. The molecule has 0 aromatic heterocycles. The Morgan fingerprint density at radius 1 is 1.25 bits per heavy atom. The molecular weight excluding hydrogens is 330 g/mol. The van der Waals surface area contributed by atoms with Crippen molar-refractivity contribution in [2.24, 2.45) is 0 Å². The van der Waals surface area contributed by atoms with Crippen LogP contribution in [-0.2, 0) is 9.53 Å². The van der Waals surface area contributed by atoms with E-state index in [-0.39, 0.29) is 12.5 Å². The second-order valence-electron chi connectivity index (χ2n) is 6.26. The summed E-state index contributed by atoms with van der Waals surface area (Å²) >= 11 is 1.54. The van der Waals surface area contributed by atoms with Crippen molar-refractivity contribution in [2.75, 3.05) is 12.9 Å². The molecular formula is C17H25NO5S. The summed E-state index contributed by atoms with van der Waals surface area (Å²) in [4.78, 5) is 23.7. The van der Waals surface area contributed by atoms with E-state index in [1.807, 2.05) is 24.3 Å².